The van der Waals surface area contributed by atoms with Crippen molar-refractivity contribution in [3.8, 4) is 17.3 Å². The molecule has 0 bridgehead atoms. The Labute approximate surface area is 214 Å². The fourth-order valence-electron chi connectivity index (χ4n) is 4.65. The Morgan fingerprint density at radius 1 is 1.19 bits per heavy atom. The standard InChI is InChI=1S/C27H28N8O2/c1-16-5-4-6-35(16)15-25(36)31-21-10-23(17(2)29-13-21)33-27(37)19-7-18-9-24(32-26(18)30-12-19)20-8-22(11-28)34(3)14-20/h7-10,12-14,16H,4-6,15H2,1-3H3,(H,30,32)(H,31,36)(H,33,37)/t16-/m0/s1. The highest BCUT2D eigenvalue weighted by Crippen LogP contribution is 2.26. The number of nitrogens with one attached hydrogen (secondary N) is 3. The second-order valence-electron chi connectivity index (χ2n) is 9.50. The largest absolute Gasteiger partial charge is 0.342 e. The van der Waals surface area contributed by atoms with E-state index >= 15 is 0 Å². The summed E-state index contributed by atoms with van der Waals surface area (Å²) < 4.78 is 1.76. The number of nitrogens with zero attached hydrogens (tertiary/aromatic N) is 5. The molecular weight excluding hydrogens is 468 g/mol. The highest BCUT2D eigenvalue weighted by atomic mass is 16.2. The van der Waals surface area contributed by atoms with E-state index < -0.39 is 0 Å². The molecule has 0 radical (unpaired) electrons. The van der Waals surface area contributed by atoms with E-state index in [0.717, 1.165) is 36.0 Å². The van der Waals surface area contributed by atoms with Crippen molar-refractivity contribution in [3.63, 3.8) is 0 Å². The van der Waals surface area contributed by atoms with Crippen molar-refractivity contribution in [2.45, 2.75) is 32.7 Å². The number of fused-ring (bicyclic) bond motifs is 1. The third-order valence-electron chi connectivity index (χ3n) is 6.82. The average molecular weight is 497 g/mol. The SMILES string of the molecule is Cc1ncc(NC(=O)CN2CCC[C@@H]2C)cc1NC(=O)c1cnc2[nH]c(-c3cc(C#N)n(C)c3)cc2c1. The topological polar surface area (TPSA) is 132 Å². The number of H-pyrrole nitrogens is 1. The molecule has 4 aromatic rings. The lowest BCUT2D eigenvalue weighted by Crippen LogP contribution is -2.35. The van der Waals surface area contributed by atoms with Crippen molar-refractivity contribution in [1.82, 2.24) is 24.4 Å². The number of nitriles is 1. The van der Waals surface area contributed by atoms with E-state index in [-0.39, 0.29) is 11.8 Å². The molecule has 1 fully saturated rings. The monoisotopic (exact) mass is 496 g/mol. The maximum Gasteiger partial charge on any atom is 0.257 e. The summed E-state index contributed by atoms with van der Waals surface area (Å²) in [7, 11) is 1.82. The number of carbonyl (C=O) groups excluding carboxylic acids is 2. The smallest absolute Gasteiger partial charge is 0.257 e. The molecule has 5 rings (SSSR count). The number of likely N-dealkylation sites (tertiary alicyclic amines) is 1. The van der Waals surface area contributed by atoms with Gasteiger partial charge in [-0.3, -0.25) is 19.5 Å². The van der Waals surface area contributed by atoms with Crippen molar-refractivity contribution in [3.05, 3.63) is 59.8 Å². The van der Waals surface area contributed by atoms with Gasteiger partial charge in [0.05, 0.1) is 35.4 Å². The van der Waals surface area contributed by atoms with Crippen molar-refractivity contribution >= 4 is 34.2 Å². The molecule has 5 heterocycles. The number of aryl methyl sites for hydroxylation is 2. The highest BCUT2D eigenvalue weighted by Gasteiger charge is 2.22. The number of anilines is 2. The molecule has 10 heteroatoms. The van der Waals surface area contributed by atoms with Crippen LogP contribution in [0.3, 0.4) is 0 Å². The Hall–Kier alpha value is -4.49. The summed E-state index contributed by atoms with van der Waals surface area (Å²) in [6.07, 6.45) is 7.18. The van der Waals surface area contributed by atoms with E-state index in [1.807, 2.05) is 19.3 Å². The van der Waals surface area contributed by atoms with E-state index in [0.29, 0.717) is 46.6 Å². The molecule has 1 saturated heterocycles. The quantitative estimate of drug-likeness (QED) is 0.372. The Bertz CT molecular complexity index is 1540. The Morgan fingerprint density at radius 2 is 2.03 bits per heavy atom. The van der Waals surface area contributed by atoms with Gasteiger partial charge in [-0.2, -0.15) is 5.26 Å². The number of aromatic amines is 1. The lowest BCUT2D eigenvalue weighted by molar-refractivity contribution is -0.117. The summed E-state index contributed by atoms with van der Waals surface area (Å²) in [6, 6.07) is 9.73. The predicted molar refractivity (Wildman–Crippen MR) is 141 cm³/mol. The number of pyridine rings is 2. The van der Waals surface area contributed by atoms with Gasteiger partial charge in [-0.25, -0.2) is 4.98 Å². The molecule has 4 aromatic heterocycles. The first-order valence-electron chi connectivity index (χ1n) is 12.2. The van der Waals surface area contributed by atoms with E-state index in [4.69, 9.17) is 0 Å². The molecule has 2 amide bonds. The molecule has 1 aliphatic heterocycles. The Balaban J connectivity index is 1.30. The number of amides is 2. The molecule has 0 spiro atoms. The van der Waals surface area contributed by atoms with Crippen molar-refractivity contribution in [2.24, 2.45) is 7.05 Å². The van der Waals surface area contributed by atoms with Gasteiger partial charge in [0.25, 0.3) is 5.91 Å². The van der Waals surface area contributed by atoms with E-state index in [2.05, 4.69) is 43.5 Å². The molecule has 10 nitrogen and oxygen atoms in total. The predicted octanol–water partition coefficient (Wildman–Crippen LogP) is 3.82. The number of carbonyl (C=O) groups is 2. The van der Waals surface area contributed by atoms with Gasteiger partial charge in [-0.1, -0.05) is 0 Å². The lowest BCUT2D eigenvalue weighted by atomic mass is 10.2. The molecule has 0 aromatic carbocycles. The third kappa shape index (κ3) is 5.08. The molecule has 188 valence electrons. The lowest BCUT2D eigenvalue weighted by Gasteiger charge is -2.20. The van der Waals surface area contributed by atoms with Crippen LogP contribution < -0.4 is 10.6 Å². The van der Waals surface area contributed by atoms with Gasteiger partial charge >= 0.3 is 0 Å². The first kappa shape index (κ1) is 24.2. The van der Waals surface area contributed by atoms with Crippen LogP contribution in [0.15, 0.2) is 42.9 Å². The van der Waals surface area contributed by atoms with Gasteiger partial charge in [0.15, 0.2) is 0 Å². The van der Waals surface area contributed by atoms with Crippen molar-refractivity contribution in [1.29, 1.82) is 5.26 Å². The van der Waals surface area contributed by atoms with E-state index in [1.54, 1.807) is 35.9 Å². The first-order chi connectivity index (χ1) is 17.8. The summed E-state index contributed by atoms with van der Waals surface area (Å²) in [5.41, 5.74) is 4.93. The fourth-order valence-corrected chi connectivity index (χ4v) is 4.65. The number of rotatable bonds is 6. The zero-order chi connectivity index (χ0) is 26.1. The van der Waals surface area contributed by atoms with Gasteiger partial charge in [0, 0.05) is 42.1 Å². The second-order valence-corrected chi connectivity index (χ2v) is 9.50. The van der Waals surface area contributed by atoms with Gasteiger partial charge in [0.2, 0.25) is 5.91 Å². The van der Waals surface area contributed by atoms with Crippen LogP contribution in [-0.2, 0) is 11.8 Å². The number of hydrogen-bond donors (Lipinski definition) is 3. The van der Waals surface area contributed by atoms with Crippen LogP contribution in [0.5, 0.6) is 0 Å². The van der Waals surface area contributed by atoms with Crippen LogP contribution in [0.1, 0.15) is 41.5 Å². The fraction of sp³-hybridized carbons (Fsp3) is 0.296. The second kappa shape index (κ2) is 9.87. The van der Waals surface area contributed by atoms with Gasteiger partial charge in [-0.05, 0) is 57.5 Å². The van der Waals surface area contributed by atoms with Crippen LogP contribution >= 0.6 is 0 Å². The van der Waals surface area contributed by atoms with Crippen LogP contribution in [0.2, 0.25) is 0 Å². The third-order valence-corrected chi connectivity index (χ3v) is 6.82. The Morgan fingerprint density at radius 3 is 2.76 bits per heavy atom. The van der Waals surface area contributed by atoms with Gasteiger partial charge < -0.3 is 20.2 Å². The normalized spacial score (nSPS) is 15.6. The number of hydrogen-bond acceptors (Lipinski definition) is 6. The summed E-state index contributed by atoms with van der Waals surface area (Å²) in [5, 5.41) is 15.8. The highest BCUT2D eigenvalue weighted by molar-refractivity contribution is 6.06. The molecule has 1 aliphatic rings. The molecule has 0 aliphatic carbocycles. The summed E-state index contributed by atoms with van der Waals surface area (Å²) in [4.78, 5) is 39.7. The van der Waals surface area contributed by atoms with Crippen LogP contribution in [0.4, 0.5) is 11.4 Å². The average Bonchev–Trinajstić information content (AvgIpc) is 3.58. The van der Waals surface area contributed by atoms with Crippen molar-refractivity contribution < 1.29 is 9.59 Å². The summed E-state index contributed by atoms with van der Waals surface area (Å²) >= 11 is 0. The molecule has 37 heavy (non-hydrogen) atoms. The van der Waals surface area contributed by atoms with E-state index in [9.17, 15) is 14.9 Å². The maximum absolute atomic E-state index is 13.1. The molecule has 0 unspecified atom stereocenters. The first-order valence-corrected chi connectivity index (χ1v) is 12.2. The maximum atomic E-state index is 13.1. The van der Waals surface area contributed by atoms with E-state index in [1.165, 1.54) is 6.20 Å². The van der Waals surface area contributed by atoms with Crippen LogP contribution in [-0.4, -0.2) is 55.4 Å². The minimum absolute atomic E-state index is 0.102. The Kier molecular flexibility index (Phi) is 6.46. The van der Waals surface area contributed by atoms with Crippen LogP contribution in [0.25, 0.3) is 22.3 Å². The molecule has 3 N–H and O–H groups in total. The summed E-state index contributed by atoms with van der Waals surface area (Å²) in [5.74, 6) is -0.433. The molecule has 1 atom stereocenters. The zero-order valence-corrected chi connectivity index (χ0v) is 21.0. The van der Waals surface area contributed by atoms with Crippen LogP contribution in [0, 0.1) is 18.3 Å². The number of aromatic nitrogens is 4. The van der Waals surface area contributed by atoms with Crippen molar-refractivity contribution in [2.75, 3.05) is 23.7 Å². The zero-order valence-electron chi connectivity index (χ0n) is 21.0. The minimum Gasteiger partial charge on any atom is -0.342 e. The molecule has 0 saturated carbocycles. The minimum atomic E-state index is -0.331. The van der Waals surface area contributed by atoms with Gasteiger partial charge in [0.1, 0.15) is 17.4 Å². The van der Waals surface area contributed by atoms with Gasteiger partial charge in [-0.15, -0.1) is 0 Å². The summed E-state index contributed by atoms with van der Waals surface area (Å²) in [6.45, 7) is 5.19. The molecular formula is C27H28N8O2.